The Morgan fingerprint density at radius 1 is 1.13 bits per heavy atom. The molecule has 2 saturated heterocycles. The monoisotopic (exact) mass is 541 g/mol. The summed E-state index contributed by atoms with van der Waals surface area (Å²) < 4.78 is 0. The van der Waals surface area contributed by atoms with Gasteiger partial charge in [-0.05, 0) is 50.3 Å². The van der Waals surface area contributed by atoms with E-state index in [2.05, 4.69) is 53.6 Å². The molecule has 2 aliphatic rings. The summed E-state index contributed by atoms with van der Waals surface area (Å²) in [6.07, 6.45) is 6.95. The first kappa shape index (κ1) is 25.9. The number of guanidine groups is 1. The van der Waals surface area contributed by atoms with Crippen LogP contribution in [0.3, 0.4) is 0 Å². The van der Waals surface area contributed by atoms with E-state index in [0.717, 1.165) is 44.6 Å². The Morgan fingerprint density at radius 3 is 2.71 bits per heavy atom. The molecule has 1 aromatic rings. The number of hydrogen-bond donors (Lipinski definition) is 2. The van der Waals surface area contributed by atoms with Crippen LogP contribution in [0.15, 0.2) is 29.3 Å². The van der Waals surface area contributed by atoms with Crippen LogP contribution >= 0.6 is 24.0 Å². The maximum atomic E-state index is 11.9. The van der Waals surface area contributed by atoms with Crippen molar-refractivity contribution in [1.82, 2.24) is 20.4 Å². The van der Waals surface area contributed by atoms with Crippen molar-refractivity contribution in [2.24, 2.45) is 4.99 Å². The predicted octanol–water partition coefficient (Wildman–Crippen LogP) is 3.75. The van der Waals surface area contributed by atoms with E-state index in [4.69, 9.17) is 4.99 Å². The normalized spacial score (nSPS) is 19.9. The fourth-order valence-corrected chi connectivity index (χ4v) is 4.56. The quantitative estimate of drug-likeness (QED) is 0.284. The Labute approximate surface area is 205 Å². The van der Waals surface area contributed by atoms with Gasteiger partial charge in [0.05, 0.1) is 6.54 Å². The molecule has 7 heteroatoms. The number of benzene rings is 1. The highest BCUT2D eigenvalue weighted by Crippen LogP contribution is 2.18. The lowest BCUT2D eigenvalue weighted by Crippen LogP contribution is -2.45. The molecule has 0 saturated carbocycles. The molecule has 174 valence electrons. The minimum atomic E-state index is 0. The number of rotatable bonds is 9. The van der Waals surface area contributed by atoms with Crippen LogP contribution in [0.4, 0.5) is 0 Å². The van der Waals surface area contributed by atoms with Crippen LogP contribution < -0.4 is 10.6 Å². The largest absolute Gasteiger partial charge is 0.357 e. The average molecular weight is 542 g/mol. The minimum absolute atomic E-state index is 0. The molecule has 0 aromatic heterocycles. The van der Waals surface area contributed by atoms with Crippen LogP contribution in [0.5, 0.6) is 0 Å². The van der Waals surface area contributed by atoms with E-state index < -0.39 is 0 Å². The number of aliphatic imine (C=N–C) groups is 1. The molecule has 31 heavy (non-hydrogen) atoms. The first-order chi connectivity index (χ1) is 14.7. The molecular weight excluding hydrogens is 501 g/mol. The van der Waals surface area contributed by atoms with Crippen molar-refractivity contribution >= 4 is 35.8 Å². The lowest BCUT2D eigenvalue weighted by Gasteiger charge is -2.35. The van der Waals surface area contributed by atoms with Crippen LogP contribution in [-0.2, 0) is 17.9 Å². The van der Waals surface area contributed by atoms with Crippen molar-refractivity contribution < 1.29 is 4.79 Å². The second-order valence-corrected chi connectivity index (χ2v) is 8.45. The standard InChI is InChI=1S/C24H39N5O.HI/c1-3-22-11-5-6-14-28(22)16-13-26-24(25-4-2)27-18-20-9-7-10-21(17-20)19-29-15-8-12-23(29)30;/h7,9-10,17,22H,3-6,8,11-16,18-19H2,1-2H3,(H2,25,26,27);1H. The molecule has 0 radical (unpaired) electrons. The van der Waals surface area contributed by atoms with Crippen LogP contribution in [0.25, 0.3) is 0 Å². The number of carbonyl (C=O) groups excluding carboxylic acids is 1. The minimum Gasteiger partial charge on any atom is -0.357 e. The number of carbonyl (C=O) groups is 1. The van der Waals surface area contributed by atoms with Crippen molar-refractivity contribution in [3.63, 3.8) is 0 Å². The van der Waals surface area contributed by atoms with Crippen LogP contribution in [0, 0.1) is 0 Å². The number of nitrogens with zero attached hydrogens (tertiary/aromatic N) is 3. The van der Waals surface area contributed by atoms with Gasteiger partial charge in [-0.15, -0.1) is 24.0 Å². The predicted molar refractivity (Wildman–Crippen MR) is 139 cm³/mol. The molecule has 6 nitrogen and oxygen atoms in total. The van der Waals surface area contributed by atoms with E-state index >= 15 is 0 Å². The molecule has 1 atom stereocenters. The van der Waals surface area contributed by atoms with Gasteiger partial charge in [0, 0.05) is 45.2 Å². The summed E-state index contributed by atoms with van der Waals surface area (Å²) in [4.78, 5) is 21.3. The molecule has 0 aliphatic carbocycles. The van der Waals surface area contributed by atoms with Crippen LogP contribution in [-0.4, -0.2) is 60.4 Å². The number of likely N-dealkylation sites (tertiary alicyclic amines) is 2. The molecule has 0 spiro atoms. The molecular formula is C24H40IN5O. The fourth-order valence-electron chi connectivity index (χ4n) is 4.56. The number of nitrogens with one attached hydrogen (secondary N) is 2. The van der Waals surface area contributed by atoms with Gasteiger partial charge in [-0.25, -0.2) is 4.99 Å². The van der Waals surface area contributed by atoms with Crippen molar-refractivity contribution in [2.75, 3.05) is 32.7 Å². The highest BCUT2D eigenvalue weighted by molar-refractivity contribution is 14.0. The smallest absolute Gasteiger partial charge is 0.222 e. The lowest BCUT2D eigenvalue weighted by molar-refractivity contribution is -0.128. The van der Waals surface area contributed by atoms with Gasteiger partial charge >= 0.3 is 0 Å². The van der Waals surface area contributed by atoms with Gasteiger partial charge in [-0.3, -0.25) is 9.69 Å². The summed E-state index contributed by atoms with van der Waals surface area (Å²) >= 11 is 0. The van der Waals surface area contributed by atoms with E-state index in [1.54, 1.807) is 0 Å². The van der Waals surface area contributed by atoms with Gasteiger partial charge in [0.15, 0.2) is 5.96 Å². The second-order valence-electron chi connectivity index (χ2n) is 8.45. The van der Waals surface area contributed by atoms with Gasteiger partial charge < -0.3 is 15.5 Å². The molecule has 2 aliphatic heterocycles. The van der Waals surface area contributed by atoms with E-state index in [1.165, 1.54) is 43.4 Å². The SMILES string of the molecule is CCNC(=NCc1cccc(CN2CCCC2=O)c1)NCCN1CCCCC1CC.I. The Hall–Kier alpha value is -1.35. The number of amides is 1. The van der Waals surface area contributed by atoms with E-state index in [0.29, 0.717) is 19.5 Å². The summed E-state index contributed by atoms with van der Waals surface area (Å²) in [6, 6.07) is 9.21. The van der Waals surface area contributed by atoms with Gasteiger partial charge in [-0.1, -0.05) is 37.6 Å². The maximum Gasteiger partial charge on any atom is 0.222 e. The average Bonchev–Trinajstić information content (AvgIpc) is 3.17. The first-order valence-electron chi connectivity index (χ1n) is 11.8. The molecule has 2 fully saturated rings. The Bertz CT molecular complexity index is 711. The Kier molecular flexibility index (Phi) is 11.6. The molecule has 1 unspecified atom stereocenters. The fraction of sp³-hybridized carbons (Fsp3) is 0.667. The summed E-state index contributed by atoms with van der Waals surface area (Å²) in [7, 11) is 0. The Morgan fingerprint density at radius 2 is 1.97 bits per heavy atom. The van der Waals surface area contributed by atoms with Gasteiger partial charge in [-0.2, -0.15) is 0 Å². The first-order valence-corrected chi connectivity index (χ1v) is 11.8. The van der Waals surface area contributed by atoms with Crippen LogP contribution in [0.1, 0.15) is 63.5 Å². The third-order valence-corrected chi connectivity index (χ3v) is 6.21. The maximum absolute atomic E-state index is 11.9. The number of halogens is 1. The van der Waals surface area contributed by atoms with E-state index in [-0.39, 0.29) is 29.9 Å². The zero-order valence-electron chi connectivity index (χ0n) is 19.2. The molecule has 0 bridgehead atoms. The second kappa shape index (κ2) is 13.9. The zero-order valence-corrected chi connectivity index (χ0v) is 21.6. The third kappa shape index (κ3) is 8.25. The number of piperidine rings is 1. The molecule has 3 rings (SSSR count). The highest BCUT2D eigenvalue weighted by atomic mass is 127. The van der Waals surface area contributed by atoms with Crippen molar-refractivity contribution in [2.45, 2.75) is 71.5 Å². The van der Waals surface area contributed by atoms with E-state index in [9.17, 15) is 4.79 Å². The zero-order chi connectivity index (χ0) is 21.2. The number of hydrogen-bond acceptors (Lipinski definition) is 3. The van der Waals surface area contributed by atoms with E-state index in [1.807, 2.05) is 4.90 Å². The van der Waals surface area contributed by atoms with Gasteiger partial charge in [0.1, 0.15) is 0 Å². The molecule has 2 N–H and O–H groups in total. The van der Waals surface area contributed by atoms with Crippen molar-refractivity contribution in [3.8, 4) is 0 Å². The summed E-state index contributed by atoms with van der Waals surface area (Å²) in [5, 5.41) is 6.87. The van der Waals surface area contributed by atoms with Crippen molar-refractivity contribution in [3.05, 3.63) is 35.4 Å². The third-order valence-electron chi connectivity index (χ3n) is 6.21. The summed E-state index contributed by atoms with van der Waals surface area (Å²) in [5.74, 6) is 1.15. The highest BCUT2D eigenvalue weighted by Gasteiger charge is 2.21. The van der Waals surface area contributed by atoms with Gasteiger partial charge in [0.25, 0.3) is 0 Å². The topological polar surface area (TPSA) is 60.0 Å². The molecule has 2 heterocycles. The van der Waals surface area contributed by atoms with Crippen LogP contribution in [0.2, 0.25) is 0 Å². The lowest BCUT2D eigenvalue weighted by atomic mass is 10.0. The summed E-state index contributed by atoms with van der Waals surface area (Å²) in [5.41, 5.74) is 2.37. The summed E-state index contributed by atoms with van der Waals surface area (Å²) in [6.45, 7) is 10.7. The molecule has 1 amide bonds. The Balaban J connectivity index is 0.00000341. The van der Waals surface area contributed by atoms with Gasteiger partial charge in [0.2, 0.25) is 5.91 Å². The van der Waals surface area contributed by atoms with Crippen molar-refractivity contribution in [1.29, 1.82) is 0 Å². The molecule has 1 aromatic carbocycles.